The van der Waals surface area contributed by atoms with Crippen molar-refractivity contribution in [1.82, 2.24) is 0 Å². The first kappa shape index (κ1) is 12.4. The minimum atomic E-state index is -3.18. The minimum absolute atomic E-state index is 0.276. The zero-order valence-corrected chi connectivity index (χ0v) is 11.7. The number of rotatable bonds is 3. The van der Waals surface area contributed by atoms with Gasteiger partial charge in [-0.25, -0.2) is 8.42 Å². The Morgan fingerprint density at radius 1 is 0.824 bits per heavy atom. The van der Waals surface area contributed by atoms with Crippen molar-refractivity contribution >= 4 is 28.2 Å². The van der Waals surface area contributed by atoms with Gasteiger partial charge in [0.05, 0.1) is 26.1 Å². The average molecular weight is 360 g/mol. The Morgan fingerprint density at radius 3 is 1.88 bits per heavy atom. The molecule has 17 heavy (non-hydrogen) atoms. The molecule has 0 fully saturated rings. The first-order chi connectivity index (χ1) is 8.05. The third kappa shape index (κ3) is 3.44. The van der Waals surface area contributed by atoms with E-state index in [1.807, 2.05) is 30.3 Å². The van der Waals surface area contributed by atoms with Gasteiger partial charge in [0.15, 0.2) is 0 Å². The molecule has 0 spiro atoms. The van der Waals surface area contributed by atoms with Gasteiger partial charge in [-0.2, -0.15) is 0 Å². The third-order valence-electron chi connectivity index (χ3n) is 2.08. The van der Waals surface area contributed by atoms with Gasteiger partial charge in [-0.15, -0.1) is 0 Å². The zero-order chi connectivity index (χ0) is 12.3. The van der Waals surface area contributed by atoms with E-state index in [0.29, 0.717) is 5.75 Å². The molecule has 0 radical (unpaired) electrons. The van der Waals surface area contributed by atoms with Crippen molar-refractivity contribution in [3.63, 3.8) is 0 Å². The highest BCUT2D eigenvalue weighted by Crippen LogP contribution is 2.24. The molecule has 0 heterocycles. The molecule has 2 rings (SSSR count). The maximum Gasteiger partial charge on any atom is 0.231 e. The Labute approximate surface area is 112 Å². The van der Waals surface area contributed by atoms with Crippen molar-refractivity contribution in [2.75, 3.05) is 0 Å². The lowest BCUT2D eigenvalue weighted by molar-refractivity contribution is 0.482. The summed E-state index contributed by atoms with van der Waals surface area (Å²) in [4.78, 5) is 0.276. The number of ether oxygens (including phenoxy) is 1. The standard InChI is InChI=1S/C12H9IO3S/c13-17(14,15)12-8-6-11(7-9-12)16-10-4-2-1-3-5-10/h1-9H. The Balaban J connectivity index is 2.20. The van der Waals surface area contributed by atoms with E-state index < -0.39 is 7.01 Å². The quantitative estimate of drug-likeness (QED) is 0.621. The molecule has 0 aliphatic heterocycles. The van der Waals surface area contributed by atoms with Gasteiger partial charge in [0.2, 0.25) is 7.01 Å². The van der Waals surface area contributed by atoms with Gasteiger partial charge >= 0.3 is 0 Å². The van der Waals surface area contributed by atoms with Crippen LogP contribution in [-0.4, -0.2) is 8.42 Å². The van der Waals surface area contributed by atoms with Crippen LogP contribution in [0.25, 0.3) is 0 Å². The van der Waals surface area contributed by atoms with E-state index in [1.165, 1.54) is 33.3 Å². The smallest absolute Gasteiger partial charge is 0.231 e. The van der Waals surface area contributed by atoms with E-state index in [2.05, 4.69) is 0 Å². The molecule has 0 saturated heterocycles. The molecular weight excluding hydrogens is 351 g/mol. The molecule has 0 aliphatic carbocycles. The molecule has 0 bridgehead atoms. The van der Waals surface area contributed by atoms with E-state index in [4.69, 9.17) is 4.74 Å². The van der Waals surface area contributed by atoms with Crippen LogP contribution >= 0.6 is 21.2 Å². The van der Waals surface area contributed by atoms with Crippen LogP contribution in [0.4, 0.5) is 0 Å². The Morgan fingerprint density at radius 2 is 1.35 bits per heavy atom. The molecule has 0 amide bonds. The summed E-state index contributed by atoms with van der Waals surface area (Å²) in [6, 6.07) is 15.7. The van der Waals surface area contributed by atoms with Gasteiger partial charge < -0.3 is 4.74 Å². The minimum Gasteiger partial charge on any atom is -0.457 e. The maximum absolute atomic E-state index is 11.2. The summed E-state index contributed by atoms with van der Waals surface area (Å²) in [6.07, 6.45) is 0. The second-order valence-electron chi connectivity index (χ2n) is 3.32. The van der Waals surface area contributed by atoms with Crippen molar-refractivity contribution in [3.8, 4) is 11.5 Å². The van der Waals surface area contributed by atoms with E-state index >= 15 is 0 Å². The van der Waals surface area contributed by atoms with E-state index in [-0.39, 0.29) is 4.90 Å². The van der Waals surface area contributed by atoms with Crippen LogP contribution in [-0.2, 0) is 7.01 Å². The monoisotopic (exact) mass is 360 g/mol. The van der Waals surface area contributed by atoms with Crippen molar-refractivity contribution in [3.05, 3.63) is 54.6 Å². The van der Waals surface area contributed by atoms with Crippen LogP contribution in [0, 0.1) is 0 Å². The fourth-order valence-corrected chi connectivity index (χ4v) is 2.64. The van der Waals surface area contributed by atoms with Gasteiger partial charge in [-0.3, -0.25) is 0 Å². The molecule has 0 aromatic heterocycles. The number of para-hydroxylation sites is 1. The van der Waals surface area contributed by atoms with Gasteiger partial charge in [0, 0.05) is 0 Å². The van der Waals surface area contributed by atoms with Crippen LogP contribution in [0.3, 0.4) is 0 Å². The first-order valence-electron chi connectivity index (χ1n) is 4.83. The molecule has 3 nitrogen and oxygen atoms in total. The van der Waals surface area contributed by atoms with Crippen LogP contribution in [0.15, 0.2) is 59.5 Å². The van der Waals surface area contributed by atoms with Crippen molar-refractivity contribution < 1.29 is 13.2 Å². The van der Waals surface area contributed by atoms with Crippen LogP contribution in [0.5, 0.6) is 11.5 Å². The summed E-state index contributed by atoms with van der Waals surface area (Å²) in [6.45, 7) is 0. The topological polar surface area (TPSA) is 43.4 Å². The largest absolute Gasteiger partial charge is 0.457 e. The zero-order valence-electron chi connectivity index (χ0n) is 8.71. The lowest BCUT2D eigenvalue weighted by Gasteiger charge is -2.05. The fourth-order valence-electron chi connectivity index (χ4n) is 1.29. The molecule has 5 heteroatoms. The molecule has 0 N–H and O–H groups in total. The highest BCUT2D eigenvalue weighted by Gasteiger charge is 2.08. The summed E-state index contributed by atoms with van der Waals surface area (Å²) in [7, 11) is -3.18. The Bertz CT molecular complexity index is 591. The first-order valence-corrected chi connectivity index (χ1v) is 8.86. The van der Waals surface area contributed by atoms with Gasteiger partial charge in [-0.05, 0) is 36.4 Å². The second kappa shape index (κ2) is 5.05. The fraction of sp³-hybridized carbons (Fsp3) is 0. The summed E-state index contributed by atoms with van der Waals surface area (Å²) in [5.74, 6) is 1.33. The summed E-state index contributed by atoms with van der Waals surface area (Å²) in [5, 5.41) is 0. The van der Waals surface area contributed by atoms with Crippen LogP contribution in [0.2, 0.25) is 0 Å². The van der Waals surface area contributed by atoms with Crippen molar-refractivity contribution in [2.45, 2.75) is 4.90 Å². The Kier molecular flexibility index (Phi) is 3.68. The molecule has 0 saturated carbocycles. The number of hydrogen-bond acceptors (Lipinski definition) is 3. The predicted octanol–water partition coefficient (Wildman–Crippen LogP) is 3.60. The van der Waals surface area contributed by atoms with Gasteiger partial charge in [0.1, 0.15) is 11.5 Å². The Hall–Kier alpha value is -1.08. The van der Waals surface area contributed by atoms with Crippen LogP contribution < -0.4 is 4.74 Å². The summed E-state index contributed by atoms with van der Waals surface area (Å²) >= 11 is 1.41. The molecule has 88 valence electrons. The maximum atomic E-state index is 11.2. The number of benzene rings is 2. The molecule has 0 unspecified atom stereocenters. The van der Waals surface area contributed by atoms with E-state index in [1.54, 1.807) is 12.1 Å². The van der Waals surface area contributed by atoms with Crippen molar-refractivity contribution in [1.29, 1.82) is 0 Å². The summed E-state index contributed by atoms with van der Waals surface area (Å²) in [5.41, 5.74) is 0. The highest BCUT2D eigenvalue weighted by atomic mass is 127. The summed E-state index contributed by atoms with van der Waals surface area (Å²) < 4.78 is 28.0. The van der Waals surface area contributed by atoms with E-state index in [0.717, 1.165) is 5.75 Å². The van der Waals surface area contributed by atoms with Crippen molar-refractivity contribution in [2.24, 2.45) is 0 Å². The lowest BCUT2D eigenvalue weighted by atomic mass is 10.3. The van der Waals surface area contributed by atoms with E-state index in [9.17, 15) is 8.42 Å². The molecule has 0 aliphatic rings. The molecular formula is C12H9IO3S. The van der Waals surface area contributed by atoms with Gasteiger partial charge in [-0.1, -0.05) is 18.2 Å². The van der Waals surface area contributed by atoms with Crippen LogP contribution in [0.1, 0.15) is 0 Å². The average Bonchev–Trinajstić information content (AvgIpc) is 2.30. The second-order valence-corrected chi connectivity index (χ2v) is 8.15. The van der Waals surface area contributed by atoms with Gasteiger partial charge in [0.25, 0.3) is 0 Å². The SMILES string of the molecule is O=S(=O)(I)c1ccc(Oc2ccccc2)cc1. The molecule has 2 aromatic carbocycles. The number of halogens is 1. The normalized spacial score (nSPS) is 11.1. The number of hydrogen-bond donors (Lipinski definition) is 0. The predicted molar refractivity (Wildman–Crippen MR) is 74.2 cm³/mol. The highest BCUT2D eigenvalue weighted by molar-refractivity contribution is 14.2. The molecule has 0 atom stereocenters. The lowest BCUT2D eigenvalue weighted by Crippen LogP contribution is -1.89. The molecule has 2 aromatic rings. The third-order valence-corrected chi connectivity index (χ3v) is 4.44.